The number of carbonyl (C=O) groups excluding carboxylic acids is 1. The number of rotatable bonds is 5. The third-order valence-corrected chi connectivity index (χ3v) is 4.17. The fourth-order valence-electron chi connectivity index (χ4n) is 2.88. The van der Waals surface area contributed by atoms with Crippen LogP contribution in [0.1, 0.15) is 17.5 Å². The van der Waals surface area contributed by atoms with E-state index in [4.69, 9.17) is 4.74 Å². The van der Waals surface area contributed by atoms with E-state index in [2.05, 4.69) is 29.2 Å². The highest BCUT2D eigenvalue weighted by Gasteiger charge is 2.24. The number of amides is 1. The molecule has 0 saturated carbocycles. The van der Waals surface area contributed by atoms with Gasteiger partial charge in [-0.1, -0.05) is 36.4 Å². The summed E-state index contributed by atoms with van der Waals surface area (Å²) in [4.78, 5) is 18.4. The molecule has 1 fully saturated rings. The molecule has 23 heavy (non-hydrogen) atoms. The number of aromatic nitrogens is 1. The summed E-state index contributed by atoms with van der Waals surface area (Å²) in [5, 5.41) is 0. The standard InChI is InChI=1S/C19H22N2O2/c22-19(13-17-7-4-10-20-14-17)21-11-12-23-18(15-21)9-8-16-5-2-1-3-6-16/h1-7,10,14,18H,8-9,11-13,15H2/t18-/m1/s1. The Labute approximate surface area is 137 Å². The third kappa shape index (κ3) is 4.63. The first-order valence-corrected chi connectivity index (χ1v) is 8.13. The Bertz CT molecular complexity index is 616. The van der Waals surface area contributed by atoms with Crippen molar-refractivity contribution in [3.8, 4) is 0 Å². The van der Waals surface area contributed by atoms with E-state index in [1.165, 1.54) is 5.56 Å². The SMILES string of the molecule is O=C(Cc1cccnc1)N1CCO[C@H](CCc2ccccc2)C1. The molecular weight excluding hydrogens is 288 g/mol. The zero-order chi connectivity index (χ0) is 15.9. The van der Waals surface area contributed by atoms with Crippen LogP contribution in [0, 0.1) is 0 Å². The minimum absolute atomic E-state index is 0.127. The number of hydrogen-bond acceptors (Lipinski definition) is 3. The van der Waals surface area contributed by atoms with E-state index < -0.39 is 0 Å². The normalized spacial score (nSPS) is 17.9. The van der Waals surface area contributed by atoms with E-state index >= 15 is 0 Å². The average molecular weight is 310 g/mol. The van der Waals surface area contributed by atoms with Gasteiger partial charge in [0.1, 0.15) is 0 Å². The lowest BCUT2D eigenvalue weighted by Gasteiger charge is -2.33. The molecule has 0 radical (unpaired) electrons. The Balaban J connectivity index is 1.50. The average Bonchev–Trinajstić information content (AvgIpc) is 2.62. The van der Waals surface area contributed by atoms with E-state index in [-0.39, 0.29) is 12.0 Å². The minimum Gasteiger partial charge on any atom is -0.375 e. The Morgan fingerprint density at radius 2 is 2.00 bits per heavy atom. The second kappa shape index (κ2) is 7.88. The molecule has 1 amide bonds. The Hall–Kier alpha value is -2.20. The van der Waals surface area contributed by atoms with Crippen molar-refractivity contribution in [3.63, 3.8) is 0 Å². The zero-order valence-electron chi connectivity index (χ0n) is 13.2. The van der Waals surface area contributed by atoms with Gasteiger partial charge in [-0.15, -0.1) is 0 Å². The highest BCUT2D eigenvalue weighted by molar-refractivity contribution is 5.78. The lowest BCUT2D eigenvalue weighted by Crippen LogP contribution is -2.46. The largest absolute Gasteiger partial charge is 0.375 e. The van der Waals surface area contributed by atoms with Crippen LogP contribution in [-0.4, -0.2) is 41.6 Å². The van der Waals surface area contributed by atoms with Gasteiger partial charge < -0.3 is 9.64 Å². The molecule has 0 N–H and O–H groups in total. The van der Waals surface area contributed by atoms with Crippen molar-refractivity contribution in [2.24, 2.45) is 0 Å². The van der Waals surface area contributed by atoms with Crippen LogP contribution in [0.4, 0.5) is 0 Å². The van der Waals surface area contributed by atoms with Gasteiger partial charge in [-0.05, 0) is 30.0 Å². The molecule has 1 aliphatic heterocycles. The number of morpholine rings is 1. The summed E-state index contributed by atoms with van der Waals surface area (Å²) in [6.07, 6.45) is 5.95. The van der Waals surface area contributed by atoms with Crippen molar-refractivity contribution in [2.45, 2.75) is 25.4 Å². The zero-order valence-corrected chi connectivity index (χ0v) is 13.2. The van der Waals surface area contributed by atoms with Gasteiger partial charge in [0.15, 0.2) is 0 Å². The van der Waals surface area contributed by atoms with Gasteiger partial charge in [0.05, 0.1) is 19.1 Å². The van der Waals surface area contributed by atoms with Crippen molar-refractivity contribution in [1.82, 2.24) is 9.88 Å². The molecule has 2 heterocycles. The van der Waals surface area contributed by atoms with Crippen molar-refractivity contribution in [3.05, 3.63) is 66.0 Å². The summed E-state index contributed by atoms with van der Waals surface area (Å²) in [5.74, 6) is 0.158. The summed E-state index contributed by atoms with van der Waals surface area (Å²) in [6, 6.07) is 14.2. The van der Waals surface area contributed by atoms with E-state index in [0.717, 1.165) is 18.4 Å². The molecule has 0 unspecified atom stereocenters. The first kappa shape index (κ1) is 15.7. The number of benzene rings is 1. The molecular formula is C19H22N2O2. The van der Waals surface area contributed by atoms with E-state index in [1.54, 1.807) is 12.4 Å². The summed E-state index contributed by atoms with van der Waals surface area (Å²) < 4.78 is 5.82. The maximum atomic E-state index is 12.4. The number of carbonyl (C=O) groups is 1. The molecule has 0 aliphatic carbocycles. The van der Waals surface area contributed by atoms with Gasteiger partial charge in [-0.25, -0.2) is 0 Å². The minimum atomic E-state index is 0.127. The monoisotopic (exact) mass is 310 g/mol. The molecule has 1 atom stereocenters. The number of aryl methyl sites for hydroxylation is 1. The Kier molecular flexibility index (Phi) is 5.37. The van der Waals surface area contributed by atoms with Crippen LogP contribution in [0.3, 0.4) is 0 Å². The van der Waals surface area contributed by atoms with E-state index in [9.17, 15) is 4.79 Å². The highest BCUT2D eigenvalue weighted by Crippen LogP contribution is 2.14. The van der Waals surface area contributed by atoms with Gasteiger partial charge in [0, 0.05) is 25.5 Å². The maximum absolute atomic E-state index is 12.4. The quantitative estimate of drug-likeness (QED) is 0.852. The van der Waals surface area contributed by atoms with Crippen LogP contribution in [0.15, 0.2) is 54.9 Å². The third-order valence-electron chi connectivity index (χ3n) is 4.17. The topological polar surface area (TPSA) is 42.4 Å². The van der Waals surface area contributed by atoms with Crippen LogP contribution in [0.2, 0.25) is 0 Å². The lowest BCUT2D eigenvalue weighted by molar-refractivity contribution is -0.138. The highest BCUT2D eigenvalue weighted by atomic mass is 16.5. The molecule has 4 nitrogen and oxygen atoms in total. The molecule has 1 aliphatic rings. The van der Waals surface area contributed by atoms with Crippen LogP contribution in [0.5, 0.6) is 0 Å². The Morgan fingerprint density at radius 3 is 2.78 bits per heavy atom. The molecule has 1 aromatic heterocycles. The summed E-state index contributed by atoms with van der Waals surface area (Å²) in [6.45, 7) is 1.99. The summed E-state index contributed by atoms with van der Waals surface area (Å²) in [5.41, 5.74) is 2.28. The van der Waals surface area contributed by atoms with Crippen molar-refractivity contribution in [1.29, 1.82) is 0 Å². The van der Waals surface area contributed by atoms with Gasteiger partial charge in [-0.3, -0.25) is 9.78 Å². The Morgan fingerprint density at radius 1 is 1.17 bits per heavy atom. The van der Waals surface area contributed by atoms with Gasteiger partial charge in [0.2, 0.25) is 5.91 Å². The van der Waals surface area contributed by atoms with Crippen LogP contribution in [0.25, 0.3) is 0 Å². The molecule has 1 saturated heterocycles. The first-order chi connectivity index (χ1) is 11.3. The number of nitrogens with zero attached hydrogens (tertiary/aromatic N) is 2. The number of pyridine rings is 1. The molecule has 4 heteroatoms. The van der Waals surface area contributed by atoms with Crippen LogP contribution < -0.4 is 0 Å². The van der Waals surface area contributed by atoms with Gasteiger partial charge in [0.25, 0.3) is 0 Å². The van der Waals surface area contributed by atoms with Crippen LogP contribution in [-0.2, 0) is 22.4 Å². The fraction of sp³-hybridized carbons (Fsp3) is 0.368. The van der Waals surface area contributed by atoms with Gasteiger partial charge in [-0.2, -0.15) is 0 Å². The predicted octanol–water partition coefficient (Wildman–Crippen LogP) is 2.48. The molecule has 0 spiro atoms. The summed E-state index contributed by atoms with van der Waals surface area (Å²) in [7, 11) is 0. The van der Waals surface area contributed by atoms with Crippen LogP contribution >= 0.6 is 0 Å². The van der Waals surface area contributed by atoms with Gasteiger partial charge >= 0.3 is 0 Å². The van der Waals surface area contributed by atoms with Crippen molar-refractivity contribution in [2.75, 3.05) is 19.7 Å². The van der Waals surface area contributed by atoms with E-state index in [0.29, 0.717) is 26.1 Å². The second-order valence-corrected chi connectivity index (χ2v) is 5.89. The van der Waals surface area contributed by atoms with Crippen molar-refractivity contribution < 1.29 is 9.53 Å². The number of ether oxygens (including phenoxy) is 1. The molecule has 120 valence electrons. The summed E-state index contributed by atoms with van der Waals surface area (Å²) >= 11 is 0. The first-order valence-electron chi connectivity index (χ1n) is 8.13. The van der Waals surface area contributed by atoms with E-state index in [1.807, 2.05) is 23.1 Å². The maximum Gasteiger partial charge on any atom is 0.227 e. The molecule has 2 aromatic rings. The fourth-order valence-corrected chi connectivity index (χ4v) is 2.88. The smallest absolute Gasteiger partial charge is 0.227 e. The number of hydrogen-bond donors (Lipinski definition) is 0. The lowest BCUT2D eigenvalue weighted by atomic mass is 10.1. The molecule has 0 bridgehead atoms. The molecule has 1 aromatic carbocycles. The predicted molar refractivity (Wildman–Crippen MR) is 89.0 cm³/mol. The molecule has 3 rings (SSSR count). The van der Waals surface area contributed by atoms with Crippen molar-refractivity contribution >= 4 is 5.91 Å². The second-order valence-electron chi connectivity index (χ2n) is 5.89.